The molecule has 1 aromatic rings. The van der Waals surface area contributed by atoms with Gasteiger partial charge >= 0.3 is 0 Å². The summed E-state index contributed by atoms with van der Waals surface area (Å²) in [5, 5.41) is 2.98. The summed E-state index contributed by atoms with van der Waals surface area (Å²) in [5.41, 5.74) is 1.15. The van der Waals surface area contributed by atoms with Gasteiger partial charge in [-0.2, -0.15) is 0 Å². The van der Waals surface area contributed by atoms with E-state index in [1.807, 2.05) is 24.3 Å². The Hall–Kier alpha value is -1.69. The molecule has 1 aliphatic carbocycles. The Bertz CT molecular complexity index is 586. The van der Waals surface area contributed by atoms with Crippen molar-refractivity contribution in [3.63, 3.8) is 0 Å². The van der Waals surface area contributed by atoms with Crippen LogP contribution in [0.25, 0.3) is 0 Å². The fraction of sp³-hybridized carbons (Fsp3) is 0.556. The van der Waals surface area contributed by atoms with E-state index in [1.54, 1.807) is 23.8 Å². The van der Waals surface area contributed by atoms with Crippen molar-refractivity contribution in [1.29, 1.82) is 0 Å². The van der Waals surface area contributed by atoms with Crippen LogP contribution in [-0.4, -0.2) is 48.0 Å². The van der Waals surface area contributed by atoms with Crippen LogP contribution in [-0.2, 0) is 16.0 Å². The Morgan fingerprint density at radius 2 is 2.04 bits per heavy atom. The number of benzene rings is 1. The summed E-state index contributed by atoms with van der Waals surface area (Å²) in [6, 6.07) is 7.54. The second kappa shape index (κ2) is 7.92. The number of amides is 2. The molecular formula is C18H24N2O3S. The van der Waals surface area contributed by atoms with Gasteiger partial charge in [0.25, 0.3) is 0 Å². The molecule has 3 rings (SSSR count). The van der Waals surface area contributed by atoms with Crippen LogP contribution in [0.1, 0.15) is 24.8 Å². The lowest BCUT2D eigenvalue weighted by Gasteiger charge is -2.31. The van der Waals surface area contributed by atoms with Gasteiger partial charge in [0.05, 0.1) is 13.0 Å². The van der Waals surface area contributed by atoms with Crippen molar-refractivity contribution >= 4 is 23.6 Å². The van der Waals surface area contributed by atoms with Gasteiger partial charge in [-0.3, -0.25) is 9.59 Å². The van der Waals surface area contributed by atoms with E-state index in [0.29, 0.717) is 18.2 Å². The highest BCUT2D eigenvalue weighted by Gasteiger charge is 2.38. The van der Waals surface area contributed by atoms with Gasteiger partial charge in [-0.1, -0.05) is 18.6 Å². The van der Waals surface area contributed by atoms with Crippen LogP contribution in [0.4, 0.5) is 0 Å². The quantitative estimate of drug-likeness (QED) is 0.855. The lowest BCUT2D eigenvalue weighted by Crippen LogP contribution is -2.50. The molecule has 1 atom stereocenters. The topological polar surface area (TPSA) is 58.6 Å². The second-order valence-corrected chi connectivity index (χ2v) is 7.34. The third kappa shape index (κ3) is 3.86. The summed E-state index contributed by atoms with van der Waals surface area (Å²) in [6.45, 7) is 0.581. The van der Waals surface area contributed by atoms with E-state index in [4.69, 9.17) is 4.74 Å². The minimum Gasteiger partial charge on any atom is -0.497 e. The van der Waals surface area contributed by atoms with Crippen LogP contribution in [0.3, 0.4) is 0 Å². The van der Waals surface area contributed by atoms with Gasteiger partial charge in [-0.25, -0.2) is 0 Å². The zero-order valence-corrected chi connectivity index (χ0v) is 14.8. The molecule has 6 heteroatoms. The van der Waals surface area contributed by atoms with Crippen LogP contribution < -0.4 is 10.1 Å². The predicted molar refractivity (Wildman–Crippen MR) is 95.0 cm³/mol. The first-order chi connectivity index (χ1) is 11.7. The molecule has 1 aromatic carbocycles. The molecule has 0 aromatic heterocycles. The van der Waals surface area contributed by atoms with E-state index in [2.05, 4.69) is 5.32 Å². The van der Waals surface area contributed by atoms with Gasteiger partial charge in [-0.15, -0.1) is 11.8 Å². The maximum atomic E-state index is 12.4. The van der Waals surface area contributed by atoms with E-state index in [1.165, 1.54) is 0 Å². The van der Waals surface area contributed by atoms with E-state index in [9.17, 15) is 9.59 Å². The number of ether oxygens (including phenoxy) is 1. The molecule has 130 valence electrons. The fourth-order valence-electron chi connectivity index (χ4n) is 3.01. The average Bonchev–Trinajstić information content (AvgIpc) is 3.03. The number of hydrogen-bond acceptors (Lipinski definition) is 4. The molecule has 2 amide bonds. The molecule has 2 aliphatic rings. The van der Waals surface area contributed by atoms with Gasteiger partial charge in [0.1, 0.15) is 11.8 Å². The molecule has 1 saturated carbocycles. The molecule has 24 heavy (non-hydrogen) atoms. The third-order valence-electron chi connectivity index (χ3n) is 4.79. The summed E-state index contributed by atoms with van der Waals surface area (Å²) in [6.07, 6.45) is 3.86. The predicted octanol–water partition coefficient (Wildman–Crippen LogP) is 2.06. The summed E-state index contributed by atoms with van der Waals surface area (Å²) in [5.74, 6) is 2.47. The summed E-state index contributed by atoms with van der Waals surface area (Å²) >= 11 is 1.66. The molecule has 0 unspecified atom stereocenters. The maximum Gasteiger partial charge on any atom is 0.243 e. The third-order valence-corrected chi connectivity index (χ3v) is 5.81. The van der Waals surface area contributed by atoms with Crippen molar-refractivity contribution in [2.45, 2.75) is 31.7 Å². The number of nitrogens with one attached hydrogen (secondary N) is 1. The van der Waals surface area contributed by atoms with Crippen LogP contribution >= 0.6 is 11.8 Å². The number of carbonyl (C=O) groups is 2. The van der Waals surface area contributed by atoms with Crippen molar-refractivity contribution in [3.05, 3.63) is 29.8 Å². The zero-order valence-electron chi connectivity index (χ0n) is 14.0. The summed E-state index contributed by atoms with van der Waals surface area (Å²) in [7, 11) is 1.64. The lowest BCUT2D eigenvalue weighted by molar-refractivity contribution is -0.143. The number of nitrogens with zero attached hydrogens (tertiary/aromatic N) is 1. The zero-order chi connectivity index (χ0) is 16.9. The normalized spacial score (nSPS) is 20.5. The number of thioether (sulfide) groups is 1. The second-order valence-electron chi connectivity index (χ2n) is 6.34. The highest BCUT2D eigenvalue weighted by Crippen LogP contribution is 2.32. The number of hydrogen-bond donors (Lipinski definition) is 1. The summed E-state index contributed by atoms with van der Waals surface area (Å²) in [4.78, 5) is 26.6. The SMILES string of the molecule is COc1ccc(CCNC(=O)[C@H]2CSCN2C(=O)C2CCC2)cc1. The fourth-order valence-corrected chi connectivity index (χ4v) is 4.17. The summed E-state index contributed by atoms with van der Waals surface area (Å²) < 4.78 is 5.14. The van der Waals surface area contributed by atoms with Crippen molar-refractivity contribution < 1.29 is 14.3 Å². The Morgan fingerprint density at radius 3 is 2.67 bits per heavy atom. The molecule has 1 heterocycles. The highest BCUT2D eigenvalue weighted by molar-refractivity contribution is 7.99. The van der Waals surface area contributed by atoms with Crippen molar-refractivity contribution in [2.75, 3.05) is 25.3 Å². The van der Waals surface area contributed by atoms with Gasteiger partial charge in [0, 0.05) is 18.2 Å². The smallest absolute Gasteiger partial charge is 0.243 e. The molecule has 0 spiro atoms. The standard InChI is InChI=1S/C18H24N2O3S/c1-23-15-7-5-13(6-8-15)9-10-19-17(21)16-11-24-12-20(16)18(22)14-3-2-4-14/h5-8,14,16H,2-4,9-12H2,1H3,(H,19,21)/t16-/m1/s1. The molecule has 5 nitrogen and oxygen atoms in total. The average molecular weight is 348 g/mol. The van der Waals surface area contributed by atoms with E-state index in [-0.39, 0.29) is 23.8 Å². The molecular weight excluding hydrogens is 324 g/mol. The van der Waals surface area contributed by atoms with Gasteiger partial charge in [-0.05, 0) is 37.0 Å². The van der Waals surface area contributed by atoms with Crippen LogP contribution in [0.2, 0.25) is 0 Å². The largest absolute Gasteiger partial charge is 0.497 e. The van der Waals surface area contributed by atoms with Crippen LogP contribution in [0, 0.1) is 5.92 Å². The molecule has 1 saturated heterocycles. The van der Waals surface area contributed by atoms with Crippen LogP contribution in [0.15, 0.2) is 24.3 Å². The number of rotatable bonds is 6. The lowest BCUT2D eigenvalue weighted by atomic mass is 9.84. The number of methoxy groups -OCH3 is 1. The first-order valence-electron chi connectivity index (χ1n) is 8.48. The van der Waals surface area contributed by atoms with Crippen LogP contribution in [0.5, 0.6) is 5.75 Å². The van der Waals surface area contributed by atoms with Gasteiger partial charge < -0.3 is 15.0 Å². The Morgan fingerprint density at radius 1 is 1.29 bits per heavy atom. The first-order valence-corrected chi connectivity index (χ1v) is 9.63. The Labute approximate surface area is 147 Å². The Balaban J connectivity index is 1.47. The highest BCUT2D eigenvalue weighted by atomic mass is 32.2. The minimum atomic E-state index is -0.307. The molecule has 0 radical (unpaired) electrons. The molecule has 1 aliphatic heterocycles. The Kier molecular flexibility index (Phi) is 5.66. The first kappa shape index (κ1) is 17.1. The van der Waals surface area contributed by atoms with E-state index >= 15 is 0 Å². The van der Waals surface area contributed by atoms with Gasteiger partial charge in [0.15, 0.2) is 0 Å². The maximum absolute atomic E-state index is 12.4. The van der Waals surface area contributed by atoms with Crippen molar-refractivity contribution in [1.82, 2.24) is 10.2 Å². The minimum absolute atomic E-state index is 0.0267. The molecule has 1 N–H and O–H groups in total. The monoisotopic (exact) mass is 348 g/mol. The van der Waals surface area contributed by atoms with Crippen molar-refractivity contribution in [3.8, 4) is 5.75 Å². The van der Waals surface area contributed by atoms with Gasteiger partial charge in [0.2, 0.25) is 11.8 Å². The van der Waals surface area contributed by atoms with E-state index < -0.39 is 0 Å². The molecule has 0 bridgehead atoms. The van der Waals surface area contributed by atoms with Crippen molar-refractivity contribution in [2.24, 2.45) is 5.92 Å². The molecule has 2 fully saturated rings. The van der Waals surface area contributed by atoms with E-state index in [0.717, 1.165) is 37.0 Å². The number of carbonyl (C=O) groups excluding carboxylic acids is 2.